The van der Waals surface area contributed by atoms with Crippen LogP contribution < -0.4 is 10.7 Å². The fraction of sp³-hybridized carbons (Fsp3) is 0.130. The molecular weight excluding hydrogens is 398 g/mol. The summed E-state index contributed by atoms with van der Waals surface area (Å²) in [6.45, 7) is 1.89. The van der Waals surface area contributed by atoms with E-state index < -0.39 is 15.3 Å². The number of aromatic nitrogens is 2. The number of sulfonamides is 1. The van der Waals surface area contributed by atoms with Crippen molar-refractivity contribution in [1.29, 1.82) is 0 Å². The van der Waals surface area contributed by atoms with Crippen molar-refractivity contribution in [2.45, 2.75) is 18.7 Å². The Hall–Kier alpha value is -3.29. The van der Waals surface area contributed by atoms with E-state index in [-0.39, 0.29) is 5.56 Å². The Labute approximate surface area is 174 Å². The van der Waals surface area contributed by atoms with Gasteiger partial charge in [-0.25, -0.2) is 18.2 Å². The standard InChI is InChI=1S/C23H21N3O3S/c1-16(30(24,28)29)18-10-7-11-19(14-18)22-20-12-5-6-13-21(20)23(27)26(25-22)15-17-8-3-2-4-9-17/h2-14,16H,15H2,1H3,(H2,24,28,29). The lowest BCUT2D eigenvalue weighted by Gasteiger charge is -2.14. The molecule has 0 aliphatic rings. The summed E-state index contributed by atoms with van der Waals surface area (Å²) in [7, 11) is -3.73. The van der Waals surface area contributed by atoms with Crippen LogP contribution in [0.4, 0.5) is 0 Å². The molecule has 1 unspecified atom stereocenters. The topological polar surface area (TPSA) is 95.0 Å². The summed E-state index contributed by atoms with van der Waals surface area (Å²) < 4.78 is 25.1. The number of benzene rings is 3. The molecule has 1 atom stereocenters. The SMILES string of the molecule is CC(c1cccc(-c2nn(Cc3ccccc3)c(=O)c3ccccc23)c1)S(N)(=O)=O. The number of nitrogens with two attached hydrogens (primary N) is 1. The van der Waals surface area contributed by atoms with Crippen LogP contribution in [0.15, 0.2) is 83.7 Å². The molecule has 0 saturated carbocycles. The van der Waals surface area contributed by atoms with E-state index in [1.54, 1.807) is 31.2 Å². The summed E-state index contributed by atoms with van der Waals surface area (Å²) >= 11 is 0. The first-order valence-electron chi connectivity index (χ1n) is 9.50. The Morgan fingerprint density at radius 1 is 0.933 bits per heavy atom. The van der Waals surface area contributed by atoms with Gasteiger partial charge in [-0.05, 0) is 30.2 Å². The zero-order valence-electron chi connectivity index (χ0n) is 16.4. The molecule has 0 saturated heterocycles. The highest BCUT2D eigenvalue weighted by atomic mass is 32.2. The number of primary sulfonamides is 1. The molecule has 0 radical (unpaired) electrons. The fourth-order valence-corrected chi connectivity index (χ4v) is 3.97. The summed E-state index contributed by atoms with van der Waals surface area (Å²) in [5, 5.41) is 10.4. The maximum absolute atomic E-state index is 13.0. The Kier molecular flexibility index (Phi) is 5.24. The van der Waals surface area contributed by atoms with E-state index in [1.807, 2.05) is 54.6 Å². The monoisotopic (exact) mass is 419 g/mol. The molecular formula is C23H21N3O3S. The molecule has 0 amide bonds. The van der Waals surface area contributed by atoms with Crippen LogP contribution in [0.5, 0.6) is 0 Å². The maximum Gasteiger partial charge on any atom is 0.274 e. The molecule has 2 N–H and O–H groups in total. The highest BCUT2D eigenvalue weighted by molar-refractivity contribution is 7.89. The second kappa shape index (κ2) is 7.85. The summed E-state index contributed by atoms with van der Waals surface area (Å²) in [5.41, 5.74) is 2.70. The Morgan fingerprint density at radius 2 is 1.60 bits per heavy atom. The third-order valence-electron chi connectivity index (χ3n) is 5.17. The number of rotatable bonds is 5. The van der Waals surface area contributed by atoms with Crippen molar-refractivity contribution in [3.63, 3.8) is 0 Å². The summed E-state index contributed by atoms with van der Waals surface area (Å²) in [5.74, 6) is 0. The molecule has 0 aliphatic carbocycles. The van der Waals surface area contributed by atoms with Crippen molar-refractivity contribution in [3.8, 4) is 11.3 Å². The molecule has 30 heavy (non-hydrogen) atoms. The summed E-state index contributed by atoms with van der Waals surface area (Å²) in [6, 6.07) is 24.1. The molecule has 0 fully saturated rings. The highest BCUT2D eigenvalue weighted by Crippen LogP contribution is 2.28. The van der Waals surface area contributed by atoms with Crippen LogP contribution in [-0.2, 0) is 16.6 Å². The maximum atomic E-state index is 13.0. The van der Waals surface area contributed by atoms with Crippen LogP contribution in [0.25, 0.3) is 22.0 Å². The zero-order valence-corrected chi connectivity index (χ0v) is 17.2. The lowest BCUT2D eigenvalue weighted by molar-refractivity contribution is 0.588. The first kappa shape index (κ1) is 20.0. The van der Waals surface area contributed by atoms with Crippen LogP contribution >= 0.6 is 0 Å². The van der Waals surface area contributed by atoms with Crippen molar-refractivity contribution in [2.75, 3.05) is 0 Å². The normalized spacial score (nSPS) is 12.7. The van der Waals surface area contributed by atoms with Gasteiger partial charge in [0.05, 0.1) is 22.9 Å². The Bertz CT molecular complexity index is 1380. The molecule has 0 bridgehead atoms. The Morgan fingerprint density at radius 3 is 2.30 bits per heavy atom. The number of hydrogen-bond acceptors (Lipinski definition) is 4. The quantitative estimate of drug-likeness (QED) is 0.536. The van der Waals surface area contributed by atoms with Crippen molar-refractivity contribution >= 4 is 20.8 Å². The van der Waals surface area contributed by atoms with Crippen molar-refractivity contribution in [1.82, 2.24) is 9.78 Å². The minimum atomic E-state index is -3.73. The molecule has 1 heterocycles. The van der Waals surface area contributed by atoms with Gasteiger partial charge in [0.1, 0.15) is 0 Å². The minimum absolute atomic E-state index is 0.174. The fourth-order valence-electron chi connectivity index (χ4n) is 3.44. The molecule has 152 valence electrons. The molecule has 0 spiro atoms. The van der Waals surface area contributed by atoms with E-state index in [1.165, 1.54) is 4.68 Å². The van der Waals surface area contributed by atoms with Crippen LogP contribution in [0, 0.1) is 0 Å². The highest BCUT2D eigenvalue weighted by Gasteiger charge is 2.19. The first-order valence-corrected chi connectivity index (χ1v) is 11.1. The van der Waals surface area contributed by atoms with E-state index >= 15 is 0 Å². The van der Waals surface area contributed by atoms with Crippen molar-refractivity contribution in [3.05, 3.63) is 100 Å². The van der Waals surface area contributed by atoms with Gasteiger partial charge in [-0.2, -0.15) is 5.10 Å². The average Bonchev–Trinajstić information content (AvgIpc) is 2.75. The second-order valence-electron chi connectivity index (χ2n) is 7.20. The zero-order chi connectivity index (χ0) is 21.3. The van der Waals surface area contributed by atoms with Gasteiger partial charge in [-0.3, -0.25) is 4.79 Å². The van der Waals surface area contributed by atoms with Gasteiger partial charge in [0, 0.05) is 10.9 Å². The lowest BCUT2D eigenvalue weighted by atomic mass is 10.0. The van der Waals surface area contributed by atoms with Gasteiger partial charge in [-0.1, -0.05) is 66.7 Å². The third kappa shape index (κ3) is 3.90. The largest absolute Gasteiger partial charge is 0.274 e. The van der Waals surface area contributed by atoms with Gasteiger partial charge in [0.2, 0.25) is 10.0 Å². The summed E-state index contributed by atoms with van der Waals surface area (Å²) in [6.07, 6.45) is 0. The average molecular weight is 420 g/mol. The van der Waals surface area contributed by atoms with E-state index in [9.17, 15) is 13.2 Å². The van der Waals surface area contributed by atoms with Crippen LogP contribution in [0.2, 0.25) is 0 Å². The molecule has 1 aromatic heterocycles. The van der Waals surface area contributed by atoms with Gasteiger partial charge in [0.25, 0.3) is 5.56 Å². The van der Waals surface area contributed by atoms with Gasteiger partial charge in [0.15, 0.2) is 0 Å². The predicted octanol–water partition coefficient (Wildman–Crippen LogP) is 3.46. The Balaban J connectivity index is 1.91. The summed E-state index contributed by atoms with van der Waals surface area (Å²) in [4.78, 5) is 13.0. The van der Waals surface area contributed by atoms with E-state index in [2.05, 4.69) is 5.10 Å². The van der Waals surface area contributed by atoms with Crippen molar-refractivity contribution < 1.29 is 8.42 Å². The van der Waals surface area contributed by atoms with Gasteiger partial charge < -0.3 is 0 Å². The smallest absolute Gasteiger partial charge is 0.267 e. The number of nitrogens with zero attached hydrogens (tertiary/aromatic N) is 2. The molecule has 4 rings (SSSR count). The molecule has 3 aromatic carbocycles. The van der Waals surface area contributed by atoms with Crippen LogP contribution in [0.1, 0.15) is 23.3 Å². The predicted molar refractivity (Wildman–Crippen MR) is 119 cm³/mol. The second-order valence-corrected chi connectivity index (χ2v) is 9.08. The molecule has 7 heteroatoms. The van der Waals surface area contributed by atoms with Crippen molar-refractivity contribution in [2.24, 2.45) is 5.14 Å². The number of hydrogen-bond donors (Lipinski definition) is 1. The minimum Gasteiger partial charge on any atom is -0.267 e. The van der Waals surface area contributed by atoms with Gasteiger partial charge in [-0.15, -0.1) is 0 Å². The van der Waals surface area contributed by atoms with E-state index in [0.717, 1.165) is 11.1 Å². The van der Waals surface area contributed by atoms with E-state index in [4.69, 9.17) is 5.14 Å². The van der Waals surface area contributed by atoms with Crippen LogP contribution in [0.3, 0.4) is 0 Å². The lowest BCUT2D eigenvalue weighted by Crippen LogP contribution is -2.24. The molecule has 6 nitrogen and oxygen atoms in total. The van der Waals surface area contributed by atoms with Crippen LogP contribution in [-0.4, -0.2) is 18.2 Å². The number of fused-ring (bicyclic) bond motifs is 1. The first-order chi connectivity index (χ1) is 14.3. The molecule has 0 aliphatic heterocycles. The van der Waals surface area contributed by atoms with E-state index in [0.29, 0.717) is 28.6 Å². The third-order valence-corrected chi connectivity index (χ3v) is 6.42. The van der Waals surface area contributed by atoms with Gasteiger partial charge >= 0.3 is 0 Å². The molecule has 4 aromatic rings.